The first-order chi connectivity index (χ1) is 16.8. The lowest BCUT2D eigenvalue weighted by Gasteiger charge is -2.24. The molecule has 2 aromatic heterocycles. The monoisotopic (exact) mass is 524 g/mol. The number of nitrogens with one attached hydrogen (secondary N) is 2. The van der Waals surface area contributed by atoms with Crippen LogP contribution >= 0.6 is 23.2 Å². The van der Waals surface area contributed by atoms with Crippen molar-refractivity contribution >= 4 is 40.8 Å². The Morgan fingerprint density at radius 1 is 1.03 bits per heavy atom. The summed E-state index contributed by atoms with van der Waals surface area (Å²) in [5.74, 6) is 1.08. The first-order valence-corrected chi connectivity index (χ1v) is 12.1. The SMILES string of the molecule is CCCNc1nc2c(c(NCc3ccc(Cl)c(Cl)c3)n1)CCN(c1ncccc1C(F)(F)F)CC2. The molecule has 0 radical (unpaired) electrons. The van der Waals surface area contributed by atoms with E-state index in [1.165, 1.54) is 12.3 Å². The number of anilines is 3. The standard InChI is InChI=1S/C24H25Cl2F3N6/c1-2-9-31-23-33-20-8-12-35(22-17(24(27,28)29)4-3-10-30-22)11-7-16(20)21(34-23)32-14-15-5-6-18(25)19(26)13-15/h3-6,10,13H,2,7-9,11-12,14H2,1H3,(H2,31,32,33,34). The van der Waals surface area contributed by atoms with E-state index in [4.69, 9.17) is 23.2 Å². The Morgan fingerprint density at radius 2 is 1.83 bits per heavy atom. The Balaban J connectivity index is 1.61. The minimum atomic E-state index is -4.48. The molecule has 2 N–H and O–H groups in total. The van der Waals surface area contributed by atoms with Gasteiger partial charge in [0.15, 0.2) is 0 Å². The highest BCUT2D eigenvalue weighted by Gasteiger charge is 2.36. The van der Waals surface area contributed by atoms with Crippen LogP contribution in [0.4, 0.5) is 30.8 Å². The van der Waals surface area contributed by atoms with Crippen LogP contribution in [0.1, 0.15) is 35.7 Å². The molecule has 3 aromatic rings. The van der Waals surface area contributed by atoms with Crippen LogP contribution in [-0.4, -0.2) is 34.6 Å². The van der Waals surface area contributed by atoms with Gasteiger partial charge < -0.3 is 15.5 Å². The Bertz CT molecular complexity index is 1190. The van der Waals surface area contributed by atoms with Crippen molar-refractivity contribution in [1.82, 2.24) is 15.0 Å². The van der Waals surface area contributed by atoms with Crippen molar-refractivity contribution < 1.29 is 13.2 Å². The number of hydrogen-bond acceptors (Lipinski definition) is 6. The molecule has 0 unspecified atom stereocenters. The van der Waals surface area contributed by atoms with Gasteiger partial charge in [-0.15, -0.1) is 0 Å². The van der Waals surface area contributed by atoms with Crippen molar-refractivity contribution in [2.24, 2.45) is 0 Å². The number of hydrogen-bond donors (Lipinski definition) is 2. The highest BCUT2D eigenvalue weighted by atomic mass is 35.5. The summed E-state index contributed by atoms with van der Waals surface area (Å²) < 4.78 is 40.8. The molecule has 0 atom stereocenters. The van der Waals surface area contributed by atoms with Crippen molar-refractivity contribution in [3.05, 3.63) is 69.0 Å². The second-order valence-corrected chi connectivity index (χ2v) is 9.02. The van der Waals surface area contributed by atoms with Crippen LogP contribution in [0.25, 0.3) is 0 Å². The molecular weight excluding hydrogens is 500 g/mol. The predicted molar refractivity (Wildman–Crippen MR) is 133 cm³/mol. The molecule has 1 aliphatic rings. The lowest BCUT2D eigenvalue weighted by Crippen LogP contribution is -2.29. The van der Waals surface area contributed by atoms with Crippen LogP contribution in [0.3, 0.4) is 0 Å². The van der Waals surface area contributed by atoms with Gasteiger partial charge in [-0.2, -0.15) is 18.2 Å². The van der Waals surface area contributed by atoms with Crippen molar-refractivity contribution in [3.63, 3.8) is 0 Å². The average Bonchev–Trinajstić information content (AvgIpc) is 3.05. The summed E-state index contributed by atoms with van der Waals surface area (Å²) in [6, 6.07) is 7.77. The van der Waals surface area contributed by atoms with Crippen molar-refractivity contribution in [2.75, 3.05) is 35.2 Å². The summed E-state index contributed by atoms with van der Waals surface area (Å²) in [5.41, 5.74) is 1.88. The number of rotatable bonds is 7. The minimum absolute atomic E-state index is 0.0598. The zero-order valence-corrected chi connectivity index (χ0v) is 20.6. The van der Waals surface area contributed by atoms with Gasteiger partial charge in [0.2, 0.25) is 5.95 Å². The predicted octanol–water partition coefficient (Wildman–Crippen LogP) is 6.24. The van der Waals surface area contributed by atoms with E-state index in [2.05, 4.69) is 25.6 Å². The van der Waals surface area contributed by atoms with Crippen LogP contribution < -0.4 is 15.5 Å². The van der Waals surface area contributed by atoms with Gasteiger partial charge in [0.1, 0.15) is 11.6 Å². The van der Waals surface area contributed by atoms with Crippen molar-refractivity contribution in [1.29, 1.82) is 0 Å². The maximum atomic E-state index is 13.6. The van der Waals surface area contributed by atoms with Crippen molar-refractivity contribution in [3.8, 4) is 0 Å². The van der Waals surface area contributed by atoms with Gasteiger partial charge >= 0.3 is 6.18 Å². The normalized spacial score (nSPS) is 13.8. The molecule has 0 aliphatic carbocycles. The van der Waals surface area contributed by atoms with Crippen LogP contribution in [0, 0.1) is 0 Å². The minimum Gasteiger partial charge on any atom is -0.366 e. The maximum Gasteiger partial charge on any atom is 0.419 e. The molecule has 0 bridgehead atoms. The number of nitrogens with zero attached hydrogens (tertiary/aromatic N) is 4. The molecule has 6 nitrogen and oxygen atoms in total. The fourth-order valence-electron chi connectivity index (χ4n) is 3.98. The van der Waals surface area contributed by atoms with E-state index < -0.39 is 11.7 Å². The van der Waals surface area contributed by atoms with E-state index in [1.807, 2.05) is 13.0 Å². The molecule has 4 rings (SSSR count). The van der Waals surface area contributed by atoms with Crippen LogP contribution in [0.5, 0.6) is 0 Å². The smallest absolute Gasteiger partial charge is 0.366 e. The van der Waals surface area contributed by atoms with Crippen molar-refractivity contribution in [2.45, 2.75) is 38.9 Å². The third-order valence-electron chi connectivity index (χ3n) is 5.71. The number of pyridine rings is 1. The van der Waals surface area contributed by atoms with E-state index in [1.54, 1.807) is 17.0 Å². The summed E-state index contributed by atoms with van der Waals surface area (Å²) in [7, 11) is 0. The number of benzene rings is 1. The quantitative estimate of drug-likeness (QED) is 0.381. The van der Waals surface area contributed by atoms with E-state index in [0.29, 0.717) is 60.8 Å². The molecule has 0 spiro atoms. The lowest BCUT2D eigenvalue weighted by atomic mass is 10.1. The second-order valence-electron chi connectivity index (χ2n) is 8.21. The van der Waals surface area contributed by atoms with Gasteiger partial charge in [-0.25, -0.2) is 9.97 Å². The van der Waals surface area contributed by atoms with Gasteiger partial charge in [-0.3, -0.25) is 0 Å². The fraction of sp³-hybridized carbons (Fsp3) is 0.375. The Hall–Kier alpha value is -2.78. The zero-order chi connectivity index (χ0) is 25.0. The summed E-state index contributed by atoms with van der Waals surface area (Å²) in [5, 5.41) is 7.52. The van der Waals surface area contributed by atoms with Gasteiger partial charge in [0.25, 0.3) is 0 Å². The third-order valence-corrected chi connectivity index (χ3v) is 6.45. The number of aromatic nitrogens is 3. The summed E-state index contributed by atoms with van der Waals surface area (Å²) in [6.45, 7) is 3.93. The summed E-state index contributed by atoms with van der Waals surface area (Å²) in [6.07, 6.45) is -1.25. The number of halogens is 5. The molecule has 3 heterocycles. The summed E-state index contributed by atoms with van der Waals surface area (Å²) >= 11 is 12.2. The second kappa shape index (κ2) is 10.9. The Morgan fingerprint density at radius 3 is 2.57 bits per heavy atom. The topological polar surface area (TPSA) is 66.0 Å². The molecule has 0 fully saturated rings. The molecule has 0 saturated heterocycles. The lowest BCUT2D eigenvalue weighted by molar-refractivity contribution is -0.137. The highest BCUT2D eigenvalue weighted by Crippen LogP contribution is 2.36. The highest BCUT2D eigenvalue weighted by molar-refractivity contribution is 6.42. The van der Waals surface area contributed by atoms with Crippen LogP contribution in [0.2, 0.25) is 10.0 Å². The van der Waals surface area contributed by atoms with Gasteiger partial charge in [-0.1, -0.05) is 36.2 Å². The zero-order valence-electron chi connectivity index (χ0n) is 19.1. The molecule has 186 valence electrons. The van der Waals surface area contributed by atoms with E-state index >= 15 is 0 Å². The molecular formula is C24H25Cl2F3N6. The Kier molecular flexibility index (Phi) is 7.86. The first-order valence-electron chi connectivity index (χ1n) is 11.3. The molecule has 1 aromatic carbocycles. The first kappa shape index (κ1) is 25.3. The average molecular weight is 525 g/mol. The fourth-order valence-corrected chi connectivity index (χ4v) is 4.30. The molecule has 35 heavy (non-hydrogen) atoms. The van der Waals surface area contributed by atoms with Gasteiger partial charge in [0, 0.05) is 44.4 Å². The Labute approximate surface area is 211 Å². The van der Waals surface area contributed by atoms with Crippen LogP contribution in [0.15, 0.2) is 36.5 Å². The van der Waals surface area contributed by atoms with Gasteiger partial charge in [0.05, 0.1) is 21.3 Å². The third kappa shape index (κ3) is 6.08. The molecule has 0 amide bonds. The van der Waals surface area contributed by atoms with E-state index in [0.717, 1.165) is 29.3 Å². The largest absolute Gasteiger partial charge is 0.419 e. The van der Waals surface area contributed by atoms with Crippen LogP contribution in [-0.2, 0) is 25.6 Å². The van der Waals surface area contributed by atoms with Gasteiger partial charge in [-0.05, 0) is 42.7 Å². The molecule has 0 saturated carbocycles. The van der Waals surface area contributed by atoms with E-state index in [-0.39, 0.29) is 5.82 Å². The molecule has 1 aliphatic heterocycles. The molecule has 11 heteroatoms. The van der Waals surface area contributed by atoms with E-state index in [9.17, 15) is 13.2 Å². The summed E-state index contributed by atoms with van der Waals surface area (Å²) in [4.78, 5) is 15.1. The number of fused-ring (bicyclic) bond motifs is 1. The number of alkyl halides is 3. The maximum absolute atomic E-state index is 13.6.